The van der Waals surface area contributed by atoms with Crippen molar-refractivity contribution in [2.45, 2.75) is 59.5 Å². The van der Waals surface area contributed by atoms with Crippen LogP contribution in [0.15, 0.2) is 30.3 Å². The van der Waals surface area contributed by atoms with E-state index in [1.54, 1.807) is 6.92 Å². The molecule has 0 fully saturated rings. The van der Waals surface area contributed by atoms with Gasteiger partial charge in [0.25, 0.3) is 0 Å². The zero-order valence-corrected chi connectivity index (χ0v) is 19.3. The largest absolute Gasteiger partial charge is 0.466 e. The van der Waals surface area contributed by atoms with E-state index in [1.807, 2.05) is 45.9 Å². The summed E-state index contributed by atoms with van der Waals surface area (Å²) < 4.78 is 34.6. The molecule has 5 nitrogen and oxygen atoms in total. The fourth-order valence-electron chi connectivity index (χ4n) is 3.80. The summed E-state index contributed by atoms with van der Waals surface area (Å²) in [5, 5.41) is 2.63. The number of esters is 1. The minimum Gasteiger partial charge on any atom is -0.466 e. The monoisotopic (exact) mass is 446 g/mol. The molecule has 0 bridgehead atoms. The number of aryl methyl sites for hydroxylation is 2. The third-order valence-corrected chi connectivity index (χ3v) is 5.26. The van der Waals surface area contributed by atoms with E-state index in [4.69, 9.17) is 10.5 Å². The summed E-state index contributed by atoms with van der Waals surface area (Å²) >= 11 is 0. The molecule has 0 spiro atoms. The van der Waals surface area contributed by atoms with Crippen molar-refractivity contribution in [3.63, 3.8) is 0 Å². The van der Waals surface area contributed by atoms with E-state index in [-0.39, 0.29) is 24.5 Å². The lowest BCUT2D eigenvalue weighted by atomic mass is 9.92. The van der Waals surface area contributed by atoms with Gasteiger partial charge in [-0.1, -0.05) is 32.0 Å². The lowest BCUT2D eigenvalue weighted by molar-refractivity contribution is -0.143. The molecule has 3 N–H and O–H groups in total. The van der Waals surface area contributed by atoms with Gasteiger partial charge in [-0.25, -0.2) is 8.78 Å². The Labute approximate surface area is 188 Å². The van der Waals surface area contributed by atoms with E-state index in [2.05, 4.69) is 5.32 Å². The Morgan fingerprint density at radius 1 is 1.12 bits per heavy atom. The third kappa shape index (κ3) is 6.36. The van der Waals surface area contributed by atoms with E-state index in [0.717, 1.165) is 22.8 Å². The molecule has 1 amide bonds. The Hall–Kier alpha value is -2.80. The maximum Gasteiger partial charge on any atom is 0.308 e. The van der Waals surface area contributed by atoms with Crippen molar-refractivity contribution in [2.24, 2.45) is 11.7 Å². The Morgan fingerprint density at radius 3 is 2.31 bits per heavy atom. The normalized spacial score (nSPS) is 13.0. The number of nitrogens with one attached hydrogen (secondary N) is 1. The number of ether oxygens (including phenoxy) is 1. The Bertz CT molecular complexity index is 956. The zero-order chi connectivity index (χ0) is 24.0. The maximum atomic E-state index is 14.9. The van der Waals surface area contributed by atoms with Crippen LogP contribution in [0.4, 0.5) is 8.78 Å². The average Bonchev–Trinajstić information content (AvgIpc) is 2.69. The van der Waals surface area contributed by atoms with Gasteiger partial charge < -0.3 is 15.8 Å². The predicted molar refractivity (Wildman–Crippen MR) is 121 cm³/mol. The number of nitrogens with two attached hydrogens (primary N) is 1. The zero-order valence-electron chi connectivity index (χ0n) is 19.3. The molecule has 2 aromatic carbocycles. The summed E-state index contributed by atoms with van der Waals surface area (Å²) in [6.07, 6.45) is 0.0673. The minimum atomic E-state index is -1.13. The highest BCUT2D eigenvalue weighted by atomic mass is 19.2. The van der Waals surface area contributed by atoms with Crippen molar-refractivity contribution < 1.29 is 23.1 Å². The molecule has 0 unspecified atom stereocenters. The first-order valence-electron chi connectivity index (χ1n) is 10.8. The van der Waals surface area contributed by atoms with Gasteiger partial charge in [-0.2, -0.15) is 0 Å². The van der Waals surface area contributed by atoms with Crippen LogP contribution < -0.4 is 11.1 Å². The third-order valence-electron chi connectivity index (χ3n) is 5.26. The summed E-state index contributed by atoms with van der Waals surface area (Å²) in [5.41, 5.74) is 8.86. The van der Waals surface area contributed by atoms with Crippen molar-refractivity contribution in [1.82, 2.24) is 5.32 Å². The second kappa shape index (κ2) is 11.2. The second-order valence-corrected chi connectivity index (χ2v) is 8.43. The maximum absolute atomic E-state index is 14.9. The Kier molecular flexibility index (Phi) is 8.89. The summed E-state index contributed by atoms with van der Waals surface area (Å²) in [4.78, 5) is 24.9. The van der Waals surface area contributed by atoms with E-state index in [1.165, 1.54) is 6.07 Å². The van der Waals surface area contributed by atoms with Gasteiger partial charge in [-0.05, 0) is 67.5 Å². The van der Waals surface area contributed by atoms with E-state index in [9.17, 15) is 18.4 Å². The minimum absolute atomic E-state index is 0.124. The van der Waals surface area contributed by atoms with Gasteiger partial charge in [0, 0.05) is 5.56 Å². The van der Waals surface area contributed by atoms with Crippen molar-refractivity contribution in [2.75, 3.05) is 6.61 Å². The average molecular weight is 447 g/mol. The van der Waals surface area contributed by atoms with Gasteiger partial charge in [-0.15, -0.1) is 0 Å². The summed E-state index contributed by atoms with van der Waals surface area (Å²) in [7, 11) is 0. The highest BCUT2D eigenvalue weighted by molar-refractivity contribution is 5.83. The second-order valence-electron chi connectivity index (χ2n) is 8.43. The van der Waals surface area contributed by atoms with Crippen molar-refractivity contribution >= 4 is 11.9 Å². The molecular formula is C25H32F2N2O3. The fourth-order valence-corrected chi connectivity index (χ4v) is 3.80. The van der Waals surface area contributed by atoms with Crippen LogP contribution in [-0.2, 0) is 14.3 Å². The molecule has 174 valence electrons. The van der Waals surface area contributed by atoms with E-state index in [0.29, 0.717) is 12.0 Å². The molecule has 32 heavy (non-hydrogen) atoms. The Balaban J connectivity index is 2.53. The first kappa shape index (κ1) is 25.5. The number of rotatable bonds is 9. The Morgan fingerprint density at radius 2 is 1.75 bits per heavy atom. The van der Waals surface area contributed by atoms with Gasteiger partial charge in [0.2, 0.25) is 5.91 Å². The number of hydrogen-bond donors (Lipinski definition) is 2. The molecule has 2 rings (SSSR count). The molecule has 0 radical (unpaired) electrons. The number of carbonyl (C=O) groups is 2. The van der Waals surface area contributed by atoms with Crippen LogP contribution in [-0.4, -0.2) is 24.5 Å². The number of benzene rings is 2. The molecule has 0 saturated carbocycles. The molecule has 7 heteroatoms. The molecule has 0 aliphatic carbocycles. The van der Waals surface area contributed by atoms with Crippen LogP contribution in [0.5, 0.6) is 0 Å². The van der Waals surface area contributed by atoms with E-state index >= 15 is 0 Å². The summed E-state index contributed by atoms with van der Waals surface area (Å²) in [6.45, 7) is 9.38. The molecule has 0 heterocycles. The van der Waals surface area contributed by atoms with Gasteiger partial charge in [0.15, 0.2) is 11.6 Å². The molecular weight excluding hydrogens is 414 g/mol. The first-order chi connectivity index (χ1) is 15.0. The van der Waals surface area contributed by atoms with Crippen LogP contribution in [0.3, 0.4) is 0 Å². The summed E-state index contributed by atoms with van der Waals surface area (Å²) in [6, 6.07) is 6.29. The van der Waals surface area contributed by atoms with Gasteiger partial charge in [0.1, 0.15) is 0 Å². The lowest BCUT2D eigenvalue weighted by Gasteiger charge is -2.23. The van der Waals surface area contributed by atoms with Crippen LogP contribution in [0, 0.1) is 31.4 Å². The molecule has 2 aromatic rings. The van der Waals surface area contributed by atoms with Crippen molar-refractivity contribution in [3.05, 3.63) is 58.7 Å². The molecule has 0 aliphatic heterocycles. The van der Waals surface area contributed by atoms with Crippen LogP contribution in [0.2, 0.25) is 0 Å². The highest BCUT2D eigenvalue weighted by Crippen LogP contribution is 2.33. The quantitative estimate of drug-likeness (QED) is 0.546. The number of amides is 1. The predicted octanol–water partition coefficient (Wildman–Crippen LogP) is 4.73. The van der Waals surface area contributed by atoms with Crippen molar-refractivity contribution in [1.29, 1.82) is 0 Å². The SMILES string of the molecule is CCOC(=O)C[C@H](NC(=O)[C@@H](N)CC(C)C)c1cc(-c2c(C)cccc2C)cc(F)c1F. The number of hydrogen-bond acceptors (Lipinski definition) is 4. The first-order valence-corrected chi connectivity index (χ1v) is 10.8. The number of carbonyl (C=O) groups excluding carboxylic acids is 2. The highest BCUT2D eigenvalue weighted by Gasteiger charge is 2.27. The fraction of sp³-hybridized carbons (Fsp3) is 0.440. The van der Waals surface area contributed by atoms with Crippen molar-refractivity contribution in [3.8, 4) is 11.1 Å². The molecule has 2 atom stereocenters. The summed E-state index contributed by atoms with van der Waals surface area (Å²) in [5.74, 6) is -3.18. The van der Waals surface area contributed by atoms with Gasteiger partial charge in [-0.3, -0.25) is 9.59 Å². The van der Waals surface area contributed by atoms with Crippen LogP contribution in [0.1, 0.15) is 56.3 Å². The lowest BCUT2D eigenvalue weighted by Crippen LogP contribution is -2.43. The molecule has 0 aliphatic rings. The van der Waals surface area contributed by atoms with Gasteiger partial charge in [0.05, 0.1) is 25.1 Å². The standard InChI is InChI=1S/C25H32F2N2O3/c1-6-32-22(30)13-21(29-25(31)20(28)10-14(2)3)18-11-17(12-19(26)24(18)27)23-15(4)8-7-9-16(23)5/h7-9,11-12,14,20-21H,6,10,13,28H2,1-5H3,(H,29,31)/t20-,21-/m0/s1. The van der Waals surface area contributed by atoms with Crippen LogP contribution >= 0.6 is 0 Å². The topological polar surface area (TPSA) is 81.4 Å². The van der Waals surface area contributed by atoms with Gasteiger partial charge >= 0.3 is 5.97 Å². The molecule has 0 saturated heterocycles. The molecule has 0 aromatic heterocycles. The van der Waals surface area contributed by atoms with E-state index < -0.39 is 35.6 Å². The smallest absolute Gasteiger partial charge is 0.308 e. The van der Waals surface area contributed by atoms with Crippen LogP contribution in [0.25, 0.3) is 11.1 Å². The number of halogens is 2.